The number of aryl methyl sites for hydroxylation is 1. The fraction of sp³-hybridized carbons (Fsp3) is 0.375. The molecule has 1 aromatic heterocycles. The Balaban J connectivity index is 1.52. The second kappa shape index (κ2) is 8.61. The Morgan fingerprint density at radius 1 is 1.14 bits per heavy atom. The Hall–Kier alpha value is -2.59. The van der Waals surface area contributed by atoms with E-state index in [4.69, 9.17) is 0 Å². The van der Waals surface area contributed by atoms with E-state index in [2.05, 4.69) is 70.8 Å². The highest BCUT2D eigenvalue weighted by Crippen LogP contribution is 2.33. The number of benzene rings is 2. The molecule has 3 aromatic rings. The van der Waals surface area contributed by atoms with Gasteiger partial charge in [0.1, 0.15) is 0 Å². The molecule has 1 fully saturated rings. The van der Waals surface area contributed by atoms with E-state index in [9.17, 15) is 4.79 Å². The molecule has 1 saturated heterocycles. The van der Waals surface area contributed by atoms with Crippen LogP contribution in [-0.2, 0) is 4.79 Å². The number of nitrogens with zero attached hydrogens (tertiary/aromatic N) is 1. The van der Waals surface area contributed by atoms with E-state index in [1.807, 2.05) is 6.07 Å². The number of nitrogens with one attached hydrogen (secondary N) is 2. The van der Waals surface area contributed by atoms with E-state index in [0.29, 0.717) is 6.42 Å². The molecular formula is C24H29N3O. The van der Waals surface area contributed by atoms with Crippen LogP contribution in [0.4, 0.5) is 0 Å². The number of para-hydroxylation sites is 1. The van der Waals surface area contributed by atoms with E-state index in [1.165, 1.54) is 34.9 Å². The monoisotopic (exact) mass is 375 g/mol. The highest BCUT2D eigenvalue weighted by atomic mass is 16.1. The van der Waals surface area contributed by atoms with Gasteiger partial charge in [0.2, 0.25) is 5.91 Å². The van der Waals surface area contributed by atoms with Crippen molar-refractivity contribution < 1.29 is 4.79 Å². The summed E-state index contributed by atoms with van der Waals surface area (Å²) < 4.78 is 0. The number of carbonyl (C=O) groups excluding carboxylic acids is 1. The molecule has 0 aliphatic carbocycles. The summed E-state index contributed by atoms with van der Waals surface area (Å²) in [6.45, 7) is 6.11. The van der Waals surface area contributed by atoms with Gasteiger partial charge in [0.25, 0.3) is 0 Å². The van der Waals surface area contributed by atoms with Gasteiger partial charge in [-0.15, -0.1) is 0 Å². The van der Waals surface area contributed by atoms with Gasteiger partial charge in [0.15, 0.2) is 0 Å². The number of aromatic amines is 1. The van der Waals surface area contributed by atoms with Gasteiger partial charge in [-0.1, -0.05) is 48.0 Å². The zero-order valence-electron chi connectivity index (χ0n) is 16.6. The molecule has 2 N–H and O–H groups in total. The molecule has 2 heterocycles. The molecule has 1 aliphatic heterocycles. The number of aromatic nitrogens is 1. The zero-order chi connectivity index (χ0) is 19.3. The van der Waals surface area contributed by atoms with Crippen LogP contribution in [0, 0.1) is 6.92 Å². The largest absolute Gasteiger partial charge is 0.361 e. The van der Waals surface area contributed by atoms with Crippen LogP contribution in [0.3, 0.4) is 0 Å². The third-order valence-electron chi connectivity index (χ3n) is 5.78. The molecule has 0 radical (unpaired) electrons. The number of carbonyl (C=O) groups is 1. The molecule has 28 heavy (non-hydrogen) atoms. The van der Waals surface area contributed by atoms with Crippen LogP contribution in [0.15, 0.2) is 54.7 Å². The maximum absolute atomic E-state index is 12.8. The Morgan fingerprint density at radius 3 is 2.79 bits per heavy atom. The first kappa shape index (κ1) is 18.8. The molecule has 0 spiro atoms. The maximum Gasteiger partial charge on any atom is 0.220 e. The van der Waals surface area contributed by atoms with E-state index >= 15 is 0 Å². The van der Waals surface area contributed by atoms with Crippen molar-refractivity contribution in [1.29, 1.82) is 0 Å². The molecule has 1 aliphatic rings. The quantitative estimate of drug-likeness (QED) is 0.650. The lowest BCUT2D eigenvalue weighted by molar-refractivity contribution is -0.121. The smallest absolute Gasteiger partial charge is 0.220 e. The summed E-state index contributed by atoms with van der Waals surface area (Å²) in [7, 11) is 0. The molecular weight excluding hydrogens is 346 g/mol. The molecule has 2 aromatic carbocycles. The molecule has 4 nitrogen and oxygen atoms in total. The SMILES string of the molecule is Cc1cccc([C@@H](CC(=O)NCCN2CCCC2)c2c[nH]c3ccccc23)c1. The van der Waals surface area contributed by atoms with E-state index in [1.54, 1.807) is 0 Å². The number of rotatable bonds is 7. The zero-order valence-corrected chi connectivity index (χ0v) is 16.6. The van der Waals surface area contributed by atoms with Crippen LogP contribution in [0.1, 0.15) is 41.9 Å². The third kappa shape index (κ3) is 4.28. The van der Waals surface area contributed by atoms with E-state index < -0.39 is 0 Å². The van der Waals surface area contributed by atoms with Gasteiger partial charge >= 0.3 is 0 Å². The fourth-order valence-electron chi connectivity index (χ4n) is 4.29. The third-order valence-corrected chi connectivity index (χ3v) is 5.78. The molecule has 146 valence electrons. The van der Waals surface area contributed by atoms with Crippen molar-refractivity contribution in [2.75, 3.05) is 26.2 Å². The van der Waals surface area contributed by atoms with Crippen LogP contribution in [0.5, 0.6) is 0 Å². The number of hydrogen-bond donors (Lipinski definition) is 2. The molecule has 0 saturated carbocycles. The van der Waals surface area contributed by atoms with Crippen LogP contribution >= 0.6 is 0 Å². The predicted molar refractivity (Wildman–Crippen MR) is 115 cm³/mol. The molecule has 1 amide bonds. The predicted octanol–water partition coefficient (Wildman–Crippen LogP) is 4.21. The van der Waals surface area contributed by atoms with Crippen LogP contribution in [0.2, 0.25) is 0 Å². The lowest BCUT2D eigenvalue weighted by Gasteiger charge is -2.19. The summed E-state index contributed by atoms with van der Waals surface area (Å²) >= 11 is 0. The Labute approximate surface area is 166 Å². The summed E-state index contributed by atoms with van der Waals surface area (Å²) in [5, 5.41) is 4.34. The second-order valence-electron chi connectivity index (χ2n) is 7.86. The van der Waals surface area contributed by atoms with E-state index in [-0.39, 0.29) is 11.8 Å². The number of likely N-dealkylation sites (tertiary alicyclic amines) is 1. The van der Waals surface area contributed by atoms with Gasteiger partial charge in [-0.3, -0.25) is 4.79 Å². The summed E-state index contributed by atoms with van der Waals surface area (Å²) in [5.74, 6) is 0.166. The summed E-state index contributed by atoms with van der Waals surface area (Å²) in [4.78, 5) is 18.6. The minimum absolute atomic E-state index is 0.0443. The lowest BCUT2D eigenvalue weighted by Crippen LogP contribution is -2.34. The highest BCUT2D eigenvalue weighted by Gasteiger charge is 2.21. The van der Waals surface area contributed by atoms with Crippen molar-refractivity contribution >= 4 is 16.8 Å². The van der Waals surface area contributed by atoms with Gasteiger partial charge in [-0.25, -0.2) is 0 Å². The molecule has 0 bridgehead atoms. The van der Waals surface area contributed by atoms with Gasteiger partial charge < -0.3 is 15.2 Å². The van der Waals surface area contributed by atoms with Gasteiger partial charge in [-0.2, -0.15) is 0 Å². The summed E-state index contributed by atoms with van der Waals surface area (Å²) in [6.07, 6.45) is 5.09. The lowest BCUT2D eigenvalue weighted by atomic mass is 9.87. The topological polar surface area (TPSA) is 48.1 Å². The van der Waals surface area contributed by atoms with Gasteiger partial charge in [0, 0.05) is 42.5 Å². The molecule has 4 rings (SSSR count). The van der Waals surface area contributed by atoms with Crippen molar-refractivity contribution in [3.05, 3.63) is 71.4 Å². The summed E-state index contributed by atoms with van der Waals surface area (Å²) in [6, 6.07) is 16.8. The first-order valence-corrected chi connectivity index (χ1v) is 10.3. The Bertz CT molecular complexity index is 940. The fourth-order valence-corrected chi connectivity index (χ4v) is 4.29. The highest BCUT2D eigenvalue weighted by molar-refractivity contribution is 5.86. The van der Waals surface area contributed by atoms with Crippen molar-refractivity contribution in [3.8, 4) is 0 Å². The normalized spacial score (nSPS) is 15.8. The minimum atomic E-state index is 0.0443. The van der Waals surface area contributed by atoms with Crippen molar-refractivity contribution in [1.82, 2.24) is 15.2 Å². The van der Waals surface area contributed by atoms with Crippen molar-refractivity contribution in [2.45, 2.75) is 32.1 Å². The van der Waals surface area contributed by atoms with Gasteiger partial charge in [-0.05, 0) is 50.0 Å². The first-order chi connectivity index (χ1) is 13.7. The van der Waals surface area contributed by atoms with Crippen molar-refractivity contribution in [2.24, 2.45) is 0 Å². The van der Waals surface area contributed by atoms with Crippen LogP contribution < -0.4 is 5.32 Å². The average Bonchev–Trinajstić information content (AvgIpc) is 3.36. The van der Waals surface area contributed by atoms with E-state index in [0.717, 1.165) is 31.7 Å². The number of H-pyrrole nitrogens is 1. The number of hydrogen-bond acceptors (Lipinski definition) is 2. The van der Waals surface area contributed by atoms with Crippen molar-refractivity contribution in [3.63, 3.8) is 0 Å². The van der Waals surface area contributed by atoms with Crippen LogP contribution in [0.25, 0.3) is 10.9 Å². The summed E-state index contributed by atoms with van der Waals surface area (Å²) in [5.41, 5.74) is 4.72. The van der Waals surface area contributed by atoms with Gasteiger partial charge in [0.05, 0.1) is 0 Å². The molecule has 1 atom stereocenters. The number of fused-ring (bicyclic) bond motifs is 1. The number of amides is 1. The average molecular weight is 376 g/mol. The Morgan fingerprint density at radius 2 is 1.96 bits per heavy atom. The van der Waals surface area contributed by atoms with Crippen LogP contribution in [-0.4, -0.2) is 42.0 Å². The molecule has 0 unspecified atom stereocenters. The minimum Gasteiger partial charge on any atom is -0.361 e. The second-order valence-corrected chi connectivity index (χ2v) is 7.86. The standard InChI is InChI=1S/C24H29N3O/c1-18-7-6-8-19(15-18)21(22-17-26-23-10-3-2-9-20(22)23)16-24(28)25-11-14-27-12-4-5-13-27/h2-3,6-10,15,17,21,26H,4-5,11-14,16H2,1H3,(H,25,28)/t21-/m1/s1. The molecule has 4 heteroatoms. The first-order valence-electron chi connectivity index (χ1n) is 10.3. The maximum atomic E-state index is 12.8. The Kier molecular flexibility index (Phi) is 5.77.